The van der Waals surface area contributed by atoms with E-state index in [-0.39, 0.29) is 20.6 Å². The average molecular weight is 546 g/mol. The fourth-order valence-electron chi connectivity index (χ4n) is 3.81. The lowest BCUT2D eigenvalue weighted by atomic mass is 10.3. The number of ether oxygens (including phenoxy) is 2. The van der Waals surface area contributed by atoms with Crippen molar-refractivity contribution in [2.45, 2.75) is 21.6 Å². The van der Waals surface area contributed by atoms with Crippen molar-refractivity contribution in [2.24, 2.45) is 0 Å². The van der Waals surface area contributed by atoms with Crippen LogP contribution in [0, 0.1) is 0 Å². The summed E-state index contributed by atoms with van der Waals surface area (Å²) in [4.78, 5) is 3.35. The Morgan fingerprint density at radius 3 is 1.82 bits per heavy atom. The lowest BCUT2D eigenvalue weighted by molar-refractivity contribution is -0.777. The maximum absolute atomic E-state index is 9.69. The van der Waals surface area contributed by atoms with Gasteiger partial charge in [-0.25, -0.2) is 0 Å². The first kappa shape index (κ1) is 31.4. The highest BCUT2D eigenvalue weighted by atomic mass is 16.5. The highest BCUT2D eigenvalue weighted by Gasteiger charge is 2.26. The fourth-order valence-corrected chi connectivity index (χ4v) is 3.81. The van der Waals surface area contributed by atoms with Gasteiger partial charge in [0, 0.05) is 21.3 Å². The third-order valence-electron chi connectivity index (χ3n) is 5.40. The molecule has 0 unspecified atom stereocenters. The number of fused-ring (bicyclic) bond motifs is 6. The molecule has 4 aromatic carbocycles. The van der Waals surface area contributed by atoms with Gasteiger partial charge < -0.3 is 19.7 Å². The van der Waals surface area contributed by atoms with E-state index in [4.69, 9.17) is 9.84 Å². The molecule has 0 aliphatic carbocycles. The van der Waals surface area contributed by atoms with Crippen molar-refractivity contribution in [2.75, 3.05) is 21.3 Å². The molecule has 0 saturated heterocycles. The summed E-state index contributed by atoms with van der Waals surface area (Å²) in [7, 11) is 4.25. The van der Waals surface area contributed by atoms with Crippen molar-refractivity contribution in [1.82, 2.24) is 24.9 Å². The zero-order valence-electron chi connectivity index (χ0n) is 21.3. The van der Waals surface area contributed by atoms with Gasteiger partial charge in [-0.05, 0) is 53.3 Å². The molecule has 10 heteroatoms. The first-order chi connectivity index (χ1) is 18.7. The quantitative estimate of drug-likeness (QED) is 0.282. The first-order valence-corrected chi connectivity index (χ1v) is 11.7. The van der Waals surface area contributed by atoms with Crippen molar-refractivity contribution in [3.8, 4) is 22.9 Å². The van der Waals surface area contributed by atoms with Gasteiger partial charge in [-0.1, -0.05) is 63.4 Å². The van der Waals surface area contributed by atoms with E-state index >= 15 is 0 Å². The Hall–Kier alpha value is -4.80. The lowest BCUT2D eigenvalue weighted by Crippen LogP contribution is -2.48. The van der Waals surface area contributed by atoms with Gasteiger partial charge in [-0.3, -0.25) is 0 Å². The summed E-state index contributed by atoms with van der Waals surface area (Å²) in [5.74, 6) is 1.04. The summed E-state index contributed by atoms with van der Waals surface area (Å²) in [5, 5.41) is 29.9. The lowest BCUT2D eigenvalue weighted by Gasteiger charge is -2.14. The van der Waals surface area contributed by atoms with E-state index in [0.717, 1.165) is 40.6 Å². The van der Waals surface area contributed by atoms with Gasteiger partial charge in [0.2, 0.25) is 11.0 Å². The standard InChI is InChI=1S/C13H10N3O.C12H9N3O.C2H6O.CH4O.2CH4/c1-2-6-11-10(5-1)14-16-12-7-3-4-8-13(12)17-9-15(11)16;16-12-8-4-3-7-11(12)15-13-9-5-1-2-6-10(9)14-15;1-3-2;1-2;;/h1-8H,9H2;1-8,16H;1-2H3;2H,1H3;2*1H4/q+1;;;;;. The van der Waals surface area contributed by atoms with E-state index in [0.29, 0.717) is 12.4 Å². The Kier molecular flexibility index (Phi) is 11.7. The Bertz CT molecular complexity index is 1600. The van der Waals surface area contributed by atoms with Crippen molar-refractivity contribution >= 4 is 22.1 Å². The second-order valence-electron chi connectivity index (χ2n) is 7.89. The smallest absolute Gasteiger partial charge is 0.252 e. The summed E-state index contributed by atoms with van der Waals surface area (Å²) in [6.07, 6.45) is 0. The Morgan fingerprint density at radius 1 is 0.700 bits per heavy atom. The van der Waals surface area contributed by atoms with E-state index < -0.39 is 0 Å². The van der Waals surface area contributed by atoms with Crippen LogP contribution in [-0.2, 0) is 11.5 Å². The molecule has 0 fully saturated rings. The number of aromatic hydroxyl groups is 1. The number of nitrogens with zero attached hydrogens (tertiary/aromatic N) is 6. The van der Waals surface area contributed by atoms with Gasteiger partial charge in [-0.15, -0.1) is 19.7 Å². The van der Waals surface area contributed by atoms with Crippen LogP contribution in [-0.4, -0.2) is 56.4 Å². The van der Waals surface area contributed by atoms with E-state index in [1.165, 1.54) is 4.80 Å². The highest BCUT2D eigenvalue weighted by Crippen LogP contribution is 2.24. The van der Waals surface area contributed by atoms with Crippen LogP contribution in [0.25, 0.3) is 33.4 Å². The van der Waals surface area contributed by atoms with Crippen molar-refractivity contribution in [1.29, 1.82) is 0 Å². The molecule has 0 spiro atoms. The molecule has 40 heavy (non-hydrogen) atoms. The van der Waals surface area contributed by atoms with Crippen LogP contribution in [0.1, 0.15) is 14.9 Å². The van der Waals surface area contributed by atoms with E-state index in [9.17, 15) is 5.11 Å². The maximum atomic E-state index is 9.69. The van der Waals surface area contributed by atoms with Gasteiger partial charge in [0.15, 0.2) is 11.4 Å². The van der Waals surface area contributed by atoms with Crippen LogP contribution in [0.4, 0.5) is 0 Å². The number of aromatic nitrogens is 6. The molecule has 2 aromatic heterocycles. The summed E-state index contributed by atoms with van der Waals surface area (Å²) in [6, 6.07) is 30.6. The Labute approximate surface area is 234 Å². The first-order valence-electron chi connectivity index (χ1n) is 11.7. The Morgan fingerprint density at radius 2 is 1.20 bits per heavy atom. The molecule has 0 radical (unpaired) electrons. The van der Waals surface area contributed by atoms with Crippen molar-refractivity contribution in [3.05, 3.63) is 97.1 Å². The molecule has 1 aliphatic rings. The molecule has 0 amide bonds. The van der Waals surface area contributed by atoms with Crippen LogP contribution in [0.2, 0.25) is 0 Å². The number of benzene rings is 4. The minimum atomic E-state index is 0. The highest BCUT2D eigenvalue weighted by molar-refractivity contribution is 5.73. The zero-order valence-corrected chi connectivity index (χ0v) is 21.3. The largest absolute Gasteiger partial charge is 0.506 e. The van der Waals surface area contributed by atoms with E-state index in [1.54, 1.807) is 32.4 Å². The third-order valence-corrected chi connectivity index (χ3v) is 5.40. The van der Waals surface area contributed by atoms with E-state index in [1.807, 2.05) is 82.3 Å². The second-order valence-corrected chi connectivity index (χ2v) is 7.89. The van der Waals surface area contributed by atoms with Crippen LogP contribution in [0.3, 0.4) is 0 Å². The molecule has 6 aromatic rings. The van der Waals surface area contributed by atoms with Gasteiger partial charge in [-0.2, -0.15) is 0 Å². The van der Waals surface area contributed by atoms with Gasteiger partial charge >= 0.3 is 0 Å². The number of phenolic OH excluding ortho intramolecular Hbond substituents is 1. The summed E-state index contributed by atoms with van der Waals surface area (Å²) >= 11 is 0. The normalized spacial score (nSPS) is 10.4. The van der Waals surface area contributed by atoms with Crippen LogP contribution < -0.4 is 9.42 Å². The molecule has 0 bridgehead atoms. The van der Waals surface area contributed by atoms with Crippen LogP contribution >= 0.6 is 0 Å². The molecule has 0 atom stereocenters. The predicted molar refractivity (Wildman–Crippen MR) is 157 cm³/mol. The number of aliphatic hydroxyl groups excluding tert-OH is 1. The number of aliphatic hydroxyl groups is 1. The van der Waals surface area contributed by atoms with Gasteiger partial charge in [0.1, 0.15) is 22.5 Å². The molecule has 2 N–H and O–H groups in total. The summed E-state index contributed by atoms with van der Waals surface area (Å²) < 4.78 is 12.0. The molecule has 210 valence electrons. The number of methoxy groups -OCH3 is 1. The average Bonchev–Trinajstić information content (AvgIpc) is 3.57. The topological polar surface area (TPSA) is 111 Å². The van der Waals surface area contributed by atoms with Crippen LogP contribution in [0.5, 0.6) is 11.5 Å². The SMILES string of the molecule is C.C.CO.COC.Oc1ccccc1-n1nc2ccccc2n1.c1ccc2c(c1)OC[n+]1c3ccccc3nn1-2. The minimum absolute atomic E-state index is 0. The Balaban J connectivity index is 0.000000232. The molecule has 7 rings (SSSR count). The van der Waals surface area contributed by atoms with E-state index in [2.05, 4.69) is 26.1 Å². The predicted octanol–water partition coefficient (Wildman–Crippen LogP) is 4.93. The van der Waals surface area contributed by atoms with Crippen molar-refractivity contribution < 1.29 is 24.4 Å². The summed E-state index contributed by atoms with van der Waals surface area (Å²) in [6.45, 7) is 0.498. The van der Waals surface area contributed by atoms with Gasteiger partial charge in [0.05, 0.1) is 5.10 Å². The number of hydrogen-bond donors (Lipinski definition) is 2. The maximum Gasteiger partial charge on any atom is 0.252 e. The molecule has 0 saturated carbocycles. The zero-order chi connectivity index (χ0) is 26.9. The van der Waals surface area contributed by atoms with Crippen molar-refractivity contribution in [3.63, 3.8) is 0 Å². The number of hydrogen-bond acceptors (Lipinski definition) is 7. The molecular formula is C30H37N6O4+. The minimum Gasteiger partial charge on any atom is -0.506 e. The monoisotopic (exact) mass is 545 g/mol. The number of para-hydroxylation sites is 5. The van der Waals surface area contributed by atoms with Gasteiger partial charge in [0.25, 0.3) is 6.73 Å². The molecule has 3 heterocycles. The van der Waals surface area contributed by atoms with Crippen LogP contribution in [0.15, 0.2) is 97.1 Å². The summed E-state index contributed by atoms with van der Waals surface area (Å²) in [5.41, 5.74) is 5.25. The second kappa shape index (κ2) is 15.0. The number of phenols is 1. The molecule has 10 nitrogen and oxygen atoms in total. The molecular weight excluding hydrogens is 508 g/mol. The number of rotatable bonds is 1. The molecule has 1 aliphatic heterocycles. The fraction of sp³-hybridized carbons (Fsp3) is 0.200. The third kappa shape index (κ3) is 6.60.